The predicted molar refractivity (Wildman–Crippen MR) is 82.0 cm³/mol. The molecule has 4 nitrogen and oxygen atoms in total. The summed E-state index contributed by atoms with van der Waals surface area (Å²) in [5.41, 5.74) is 0. The molecule has 3 atom stereocenters. The largest absolute Gasteiger partial charge is 0.347 e. The number of rotatable bonds is 6. The highest BCUT2D eigenvalue weighted by Gasteiger charge is 2.42. The summed E-state index contributed by atoms with van der Waals surface area (Å²) < 4.78 is 24.0. The third-order valence-corrected chi connectivity index (χ3v) is 4.76. The Balaban J connectivity index is 1.94. The fourth-order valence-corrected chi connectivity index (χ4v) is 3.08. The Bertz CT molecular complexity index is 358. The van der Waals surface area contributed by atoms with Gasteiger partial charge in [0.2, 0.25) is 0 Å². The van der Waals surface area contributed by atoms with E-state index in [2.05, 4.69) is 46.8 Å². The first kappa shape index (κ1) is 16.9. The van der Waals surface area contributed by atoms with Crippen molar-refractivity contribution in [3.8, 4) is 0 Å². The van der Waals surface area contributed by atoms with E-state index in [9.17, 15) is 0 Å². The first-order valence-corrected chi connectivity index (χ1v) is 8.37. The van der Waals surface area contributed by atoms with Gasteiger partial charge in [-0.15, -0.1) is 0 Å². The number of ether oxygens (including phenoxy) is 4. The summed E-state index contributed by atoms with van der Waals surface area (Å²) in [7, 11) is 0. The third-order valence-electron chi connectivity index (χ3n) is 4.76. The lowest BCUT2D eigenvalue weighted by molar-refractivity contribution is -0.175. The van der Waals surface area contributed by atoms with Gasteiger partial charge >= 0.3 is 0 Å². The van der Waals surface area contributed by atoms with E-state index < -0.39 is 11.6 Å². The summed E-state index contributed by atoms with van der Waals surface area (Å²) in [5.74, 6) is -0.817. The summed E-state index contributed by atoms with van der Waals surface area (Å²) in [4.78, 5) is 0. The van der Waals surface area contributed by atoms with E-state index in [1.807, 2.05) is 0 Å². The van der Waals surface area contributed by atoms with Crippen LogP contribution >= 0.6 is 0 Å². The van der Waals surface area contributed by atoms with Gasteiger partial charge in [-0.3, -0.25) is 0 Å². The molecule has 2 aliphatic heterocycles. The normalized spacial score (nSPS) is 34.8. The van der Waals surface area contributed by atoms with Crippen molar-refractivity contribution in [1.29, 1.82) is 0 Å². The van der Waals surface area contributed by atoms with Crippen molar-refractivity contribution in [2.75, 3.05) is 6.61 Å². The lowest BCUT2D eigenvalue weighted by atomic mass is 10.1. The molecule has 0 saturated carbocycles. The van der Waals surface area contributed by atoms with Crippen LogP contribution in [-0.4, -0.2) is 36.5 Å². The Hall–Kier alpha value is -0.420. The van der Waals surface area contributed by atoms with Crippen LogP contribution in [0.2, 0.25) is 0 Å². The zero-order valence-electron chi connectivity index (χ0n) is 14.1. The summed E-state index contributed by atoms with van der Waals surface area (Å²) in [6.07, 6.45) is 7.72. The molecule has 21 heavy (non-hydrogen) atoms. The summed E-state index contributed by atoms with van der Waals surface area (Å²) in [6.45, 7) is 11.1. The molecule has 0 bridgehead atoms. The smallest absolute Gasteiger partial charge is 0.169 e. The average Bonchev–Trinajstić information content (AvgIpc) is 3.07. The van der Waals surface area contributed by atoms with E-state index in [-0.39, 0.29) is 18.3 Å². The Morgan fingerprint density at radius 1 is 0.857 bits per heavy atom. The molecule has 0 radical (unpaired) electrons. The van der Waals surface area contributed by atoms with Gasteiger partial charge in [0.25, 0.3) is 0 Å². The van der Waals surface area contributed by atoms with Crippen LogP contribution < -0.4 is 0 Å². The topological polar surface area (TPSA) is 36.9 Å². The van der Waals surface area contributed by atoms with E-state index in [0.717, 1.165) is 25.7 Å². The maximum atomic E-state index is 6.12. The first-order chi connectivity index (χ1) is 10.0. The van der Waals surface area contributed by atoms with Gasteiger partial charge in [-0.05, 0) is 32.6 Å². The molecule has 2 fully saturated rings. The Morgan fingerprint density at radius 3 is 1.95 bits per heavy atom. The van der Waals surface area contributed by atoms with Crippen molar-refractivity contribution in [2.24, 2.45) is 0 Å². The average molecular weight is 298 g/mol. The van der Waals surface area contributed by atoms with Gasteiger partial charge in [0.05, 0.1) is 12.7 Å². The molecule has 0 aromatic rings. The summed E-state index contributed by atoms with van der Waals surface area (Å²) in [6, 6.07) is 0. The Morgan fingerprint density at radius 2 is 1.48 bits per heavy atom. The molecule has 0 aromatic carbocycles. The summed E-state index contributed by atoms with van der Waals surface area (Å²) >= 11 is 0. The predicted octanol–water partition coefficient (Wildman–Crippen LogP) is 3.79. The monoisotopic (exact) mass is 298 g/mol. The molecule has 3 unspecified atom stereocenters. The minimum Gasteiger partial charge on any atom is -0.347 e. The molecule has 0 spiro atoms. The van der Waals surface area contributed by atoms with Gasteiger partial charge in [0.15, 0.2) is 11.6 Å². The molecule has 4 heteroatoms. The SMILES string of the molecule is CCC1(CC)OCC(C=CC2OC(CC)(CC)OC2C)O1. The van der Waals surface area contributed by atoms with Crippen molar-refractivity contribution in [3.63, 3.8) is 0 Å². The zero-order valence-corrected chi connectivity index (χ0v) is 14.1. The number of hydrogen-bond donors (Lipinski definition) is 0. The number of hydrogen-bond acceptors (Lipinski definition) is 4. The van der Waals surface area contributed by atoms with Crippen LogP contribution in [0.15, 0.2) is 12.2 Å². The van der Waals surface area contributed by atoms with Crippen molar-refractivity contribution < 1.29 is 18.9 Å². The Labute approximate surface area is 128 Å². The lowest BCUT2D eigenvalue weighted by Gasteiger charge is -2.25. The molecule has 0 aromatic heterocycles. The van der Waals surface area contributed by atoms with Crippen molar-refractivity contribution in [3.05, 3.63) is 12.2 Å². The van der Waals surface area contributed by atoms with Crippen LogP contribution in [0.3, 0.4) is 0 Å². The molecular formula is C17H30O4. The van der Waals surface area contributed by atoms with E-state index in [0.29, 0.717) is 6.61 Å². The minimum atomic E-state index is -0.419. The van der Waals surface area contributed by atoms with Crippen LogP contribution in [0.25, 0.3) is 0 Å². The van der Waals surface area contributed by atoms with Gasteiger partial charge < -0.3 is 18.9 Å². The Kier molecular flexibility index (Phi) is 5.47. The van der Waals surface area contributed by atoms with E-state index in [4.69, 9.17) is 18.9 Å². The second kappa shape index (κ2) is 6.78. The van der Waals surface area contributed by atoms with Crippen LogP contribution in [-0.2, 0) is 18.9 Å². The highest BCUT2D eigenvalue weighted by molar-refractivity contribution is 5.02. The van der Waals surface area contributed by atoms with Crippen molar-refractivity contribution in [2.45, 2.75) is 90.2 Å². The van der Waals surface area contributed by atoms with Crippen LogP contribution in [0.1, 0.15) is 60.3 Å². The van der Waals surface area contributed by atoms with Gasteiger partial charge in [0, 0.05) is 0 Å². The summed E-state index contributed by atoms with van der Waals surface area (Å²) in [5, 5.41) is 0. The molecule has 2 aliphatic rings. The lowest BCUT2D eigenvalue weighted by Crippen LogP contribution is -2.29. The van der Waals surface area contributed by atoms with Crippen LogP contribution in [0.4, 0.5) is 0 Å². The quantitative estimate of drug-likeness (QED) is 0.699. The molecular weight excluding hydrogens is 268 g/mol. The standard InChI is InChI=1S/C17H30O4/c1-6-16(7-2)18-12-14(20-16)10-11-15-13(5)19-17(8-3,9-4)21-15/h10-11,13-15H,6-9,12H2,1-5H3. The van der Waals surface area contributed by atoms with E-state index in [1.165, 1.54) is 0 Å². The maximum absolute atomic E-state index is 6.12. The molecule has 0 N–H and O–H groups in total. The third kappa shape index (κ3) is 3.50. The van der Waals surface area contributed by atoms with Gasteiger partial charge in [-0.1, -0.05) is 39.8 Å². The fourth-order valence-electron chi connectivity index (χ4n) is 3.08. The highest BCUT2D eigenvalue weighted by Crippen LogP contribution is 2.35. The van der Waals surface area contributed by atoms with E-state index >= 15 is 0 Å². The van der Waals surface area contributed by atoms with Crippen LogP contribution in [0.5, 0.6) is 0 Å². The minimum absolute atomic E-state index is 0.00764. The fraction of sp³-hybridized carbons (Fsp3) is 0.882. The molecule has 0 aliphatic carbocycles. The van der Waals surface area contributed by atoms with E-state index in [1.54, 1.807) is 0 Å². The molecule has 2 heterocycles. The van der Waals surface area contributed by atoms with Crippen molar-refractivity contribution >= 4 is 0 Å². The molecule has 2 rings (SSSR count). The van der Waals surface area contributed by atoms with Gasteiger partial charge in [-0.2, -0.15) is 0 Å². The van der Waals surface area contributed by atoms with Gasteiger partial charge in [0.1, 0.15) is 12.2 Å². The maximum Gasteiger partial charge on any atom is 0.169 e. The molecule has 122 valence electrons. The first-order valence-electron chi connectivity index (χ1n) is 8.37. The second-order valence-electron chi connectivity index (χ2n) is 5.99. The zero-order chi connectivity index (χ0) is 15.5. The molecule has 2 saturated heterocycles. The van der Waals surface area contributed by atoms with Gasteiger partial charge in [-0.25, -0.2) is 0 Å². The second-order valence-corrected chi connectivity index (χ2v) is 5.99. The highest BCUT2D eigenvalue weighted by atomic mass is 16.8. The van der Waals surface area contributed by atoms with Crippen LogP contribution in [0, 0.1) is 0 Å². The van der Waals surface area contributed by atoms with Crippen molar-refractivity contribution in [1.82, 2.24) is 0 Å². The molecule has 0 amide bonds.